The zero-order valence-electron chi connectivity index (χ0n) is 12.6. The normalized spacial score (nSPS) is 10.7. The molecule has 2 aromatic carbocycles. The Morgan fingerprint density at radius 2 is 1.52 bits per heavy atom. The molecular weight excluding hydrogens is 322 g/mol. The molecule has 21 heavy (non-hydrogen) atoms. The highest BCUT2D eigenvalue weighted by Crippen LogP contribution is 2.22. The van der Waals surface area contributed by atoms with Crippen molar-refractivity contribution in [2.24, 2.45) is 0 Å². The second-order valence-electron chi connectivity index (χ2n) is 5.49. The highest BCUT2D eigenvalue weighted by Gasteiger charge is 2.11. The van der Waals surface area contributed by atoms with Gasteiger partial charge in [-0.25, -0.2) is 0 Å². The van der Waals surface area contributed by atoms with Crippen molar-refractivity contribution >= 4 is 21.7 Å². The van der Waals surface area contributed by atoms with Crippen LogP contribution in [0.1, 0.15) is 32.6 Å². The number of nitrogens with zero attached hydrogens (tertiary/aromatic N) is 1. The Balaban J connectivity index is 0.00000161. The lowest BCUT2D eigenvalue weighted by molar-refractivity contribution is -0.670. The van der Waals surface area contributed by atoms with E-state index in [-0.39, 0.29) is 17.0 Å². The molecule has 1 nitrogen and oxygen atoms in total. The van der Waals surface area contributed by atoms with E-state index in [0.717, 1.165) is 6.54 Å². The first-order valence-corrected chi connectivity index (χ1v) is 7.70. The van der Waals surface area contributed by atoms with Gasteiger partial charge in [-0.2, -0.15) is 4.57 Å². The summed E-state index contributed by atoms with van der Waals surface area (Å²) in [6.45, 7) is 3.38. The van der Waals surface area contributed by atoms with Crippen LogP contribution < -0.4 is 21.5 Å². The standard InChI is InChI=1S/C19H22N.BrH/c1-2-3-4-9-14-20-15-16-10-5-6-11-17(16)18-12-7-8-13-19(18)20;/h5-8,10-13,15H,2-4,9,14H2,1H3;1H/q+1;/p-1. The molecule has 0 bridgehead atoms. The average Bonchev–Trinajstić information content (AvgIpc) is 2.51. The zero-order valence-corrected chi connectivity index (χ0v) is 14.1. The Morgan fingerprint density at radius 1 is 0.810 bits per heavy atom. The zero-order chi connectivity index (χ0) is 13.8. The molecule has 0 aliphatic rings. The fourth-order valence-corrected chi connectivity index (χ4v) is 2.94. The molecule has 0 radical (unpaired) electrons. The fraction of sp³-hybridized carbons (Fsp3) is 0.316. The van der Waals surface area contributed by atoms with Gasteiger partial charge in [0.1, 0.15) is 6.54 Å². The number of aryl methyl sites for hydroxylation is 1. The van der Waals surface area contributed by atoms with Crippen LogP contribution in [-0.2, 0) is 6.54 Å². The van der Waals surface area contributed by atoms with Gasteiger partial charge in [0.2, 0.25) is 5.52 Å². The molecule has 0 amide bonds. The molecule has 1 aromatic heterocycles. The van der Waals surface area contributed by atoms with Crippen molar-refractivity contribution in [3.8, 4) is 0 Å². The monoisotopic (exact) mass is 343 g/mol. The molecule has 0 unspecified atom stereocenters. The Labute approximate surface area is 137 Å². The summed E-state index contributed by atoms with van der Waals surface area (Å²) in [5, 5.41) is 4.05. The third-order valence-electron chi connectivity index (χ3n) is 4.01. The van der Waals surface area contributed by atoms with Crippen LogP contribution in [0.15, 0.2) is 54.7 Å². The molecular formula is C19H22BrN. The minimum atomic E-state index is 0. The maximum absolute atomic E-state index is 2.42. The van der Waals surface area contributed by atoms with Crippen LogP contribution in [0.3, 0.4) is 0 Å². The van der Waals surface area contributed by atoms with E-state index >= 15 is 0 Å². The molecule has 0 spiro atoms. The quantitative estimate of drug-likeness (QED) is 0.378. The van der Waals surface area contributed by atoms with Gasteiger partial charge in [-0.15, -0.1) is 0 Å². The van der Waals surface area contributed by atoms with Crippen molar-refractivity contribution in [3.63, 3.8) is 0 Å². The van der Waals surface area contributed by atoms with E-state index in [1.165, 1.54) is 47.4 Å². The van der Waals surface area contributed by atoms with E-state index in [1.54, 1.807) is 0 Å². The highest BCUT2D eigenvalue weighted by atomic mass is 79.9. The van der Waals surface area contributed by atoms with Crippen LogP contribution >= 0.6 is 0 Å². The predicted octanol–water partition coefficient (Wildman–Crippen LogP) is 1.86. The molecule has 0 aliphatic carbocycles. The van der Waals surface area contributed by atoms with E-state index in [2.05, 4.69) is 66.2 Å². The maximum Gasteiger partial charge on any atom is 0.213 e. The molecule has 3 rings (SSSR count). The molecule has 3 aromatic rings. The number of halogens is 1. The molecule has 0 saturated heterocycles. The number of hydrogen-bond donors (Lipinski definition) is 0. The molecule has 0 atom stereocenters. The molecule has 1 heterocycles. The lowest BCUT2D eigenvalue weighted by Crippen LogP contribution is -3.00. The Bertz CT molecular complexity index is 721. The summed E-state index contributed by atoms with van der Waals surface area (Å²) in [5.74, 6) is 0. The first kappa shape index (κ1) is 16.0. The van der Waals surface area contributed by atoms with Crippen LogP contribution in [0, 0.1) is 0 Å². The molecule has 0 aliphatic heterocycles. The predicted molar refractivity (Wildman–Crippen MR) is 85.8 cm³/mol. The van der Waals surface area contributed by atoms with Gasteiger partial charge in [-0.05, 0) is 18.6 Å². The van der Waals surface area contributed by atoms with Crippen molar-refractivity contribution in [2.45, 2.75) is 39.2 Å². The van der Waals surface area contributed by atoms with Gasteiger partial charge in [-0.1, -0.05) is 50.1 Å². The van der Waals surface area contributed by atoms with Gasteiger partial charge in [0.15, 0.2) is 6.20 Å². The van der Waals surface area contributed by atoms with E-state index in [0.29, 0.717) is 0 Å². The second kappa shape index (κ2) is 7.56. The number of hydrogen-bond acceptors (Lipinski definition) is 0. The van der Waals surface area contributed by atoms with Crippen molar-refractivity contribution in [1.29, 1.82) is 0 Å². The van der Waals surface area contributed by atoms with Crippen molar-refractivity contribution in [2.75, 3.05) is 0 Å². The lowest BCUT2D eigenvalue weighted by Gasteiger charge is -2.05. The first-order chi connectivity index (χ1) is 9.90. The van der Waals surface area contributed by atoms with Gasteiger partial charge >= 0.3 is 0 Å². The Hall–Kier alpha value is -1.41. The fourth-order valence-electron chi connectivity index (χ4n) is 2.94. The SMILES string of the molecule is CCCCCC[n+]1cc2ccccc2c2ccccc21.[Br-]. The summed E-state index contributed by atoms with van der Waals surface area (Å²) in [4.78, 5) is 0. The van der Waals surface area contributed by atoms with Crippen LogP contribution in [-0.4, -0.2) is 0 Å². The number of unbranched alkanes of at least 4 members (excludes halogenated alkanes) is 3. The van der Waals surface area contributed by atoms with Crippen LogP contribution in [0.2, 0.25) is 0 Å². The molecule has 110 valence electrons. The van der Waals surface area contributed by atoms with E-state index in [4.69, 9.17) is 0 Å². The highest BCUT2D eigenvalue weighted by molar-refractivity contribution is 6.03. The number of fused-ring (bicyclic) bond motifs is 3. The summed E-state index contributed by atoms with van der Waals surface area (Å²) >= 11 is 0. The summed E-state index contributed by atoms with van der Waals surface area (Å²) in [6.07, 6.45) is 7.53. The Kier molecular flexibility index (Phi) is 5.75. The van der Waals surface area contributed by atoms with Gasteiger partial charge in [0.25, 0.3) is 0 Å². The topological polar surface area (TPSA) is 3.88 Å². The molecule has 0 fully saturated rings. The van der Waals surface area contributed by atoms with Gasteiger partial charge < -0.3 is 17.0 Å². The molecule has 0 N–H and O–H groups in total. The summed E-state index contributed by atoms with van der Waals surface area (Å²) in [5.41, 5.74) is 1.35. The summed E-state index contributed by atoms with van der Waals surface area (Å²) in [6, 6.07) is 17.4. The lowest BCUT2D eigenvalue weighted by atomic mass is 10.1. The maximum atomic E-state index is 2.42. The average molecular weight is 344 g/mol. The number of rotatable bonds is 5. The summed E-state index contributed by atoms with van der Waals surface area (Å²) in [7, 11) is 0. The number of benzene rings is 2. The van der Waals surface area contributed by atoms with E-state index < -0.39 is 0 Å². The minimum Gasteiger partial charge on any atom is -1.00 e. The number of pyridine rings is 1. The number of aromatic nitrogens is 1. The van der Waals surface area contributed by atoms with Crippen LogP contribution in [0.4, 0.5) is 0 Å². The smallest absolute Gasteiger partial charge is 0.213 e. The van der Waals surface area contributed by atoms with Crippen LogP contribution in [0.25, 0.3) is 21.7 Å². The van der Waals surface area contributed by atoms with Gasteiger partial charge in [0, 0.05) is 23.3 Å². The van der Waals surface area contributed by atoms with Crippen molar-refractivity contribution < 1.29 is 21.5 Å². The van der Waals surface area contributed by atoms with Crippen molar-refractivity contribution in [1.82, 2.24) is 0 Å². The largest absolute Gasteiger partial charge is 1.00 e. The Morgan fingerprint density at radius 3 is 2.33 bits per heavy atom. The van der Waals surface area contributed by atoms with Gasteiger partial charge in [0.05, 0.1) is 5.39 Å². The summed E-state index contributed by atoms with van der Waals surface area (Å²) < 4.78 is 2.42. The third kappa shape index (κ3) is 3.44. The van der Waals surface area contributed by atoms with Crippen molar-refractivity contribution in [3.05, 3.63) is 54.7 Å². The van der Waals surface area contributed by atoms with Crippen LogP contribution in [0.5, 0.6) is 0 Å². The molecule has 2 heteroatoms. The van der Waals surface area contributed by atoms with Gasteiger partial charge in [-0.3, -0.25) is 0 Å². The third-order valence-corrected chi connectivity index (χ3v) is 4.01. The molecule has 0 saturated carbocycles. The number of para-hydroxylation sites is 1. The first-order valence-electron chi connectivity index (χ1n) is 7.70. The van der Waals surface area contributed by atoms with E-state index in [1.807, 2.05) is 0 Å². The second-order valence-corrected chi connectivity index (χ2v) is 5.49. The minimum absolute atomic E-state index is 0. The van der Waals surface area contributed by atoms with E-state index in [9.17, 15) is 0 Å².